The highest BCUT2D eigenvalue weighted by atomic mass is 19.1. The van der Waals surface area contributed by atoms with E-state index in [1.807, 2.05) is 13.0 Å². The van der Waals surface area contributed by atoms with Gasteiger partial charge in [0.25, 0.3) is 0 Å². The number of hydrogen-bond donors (Lipinski definition) is 0. The highest BCUT2D eigenvalue weighted by molar-refractivity contribution is 5.69. The molecule has 36 heavy (non-hydrogen) atoms. The maximum atomic E-state index is 14.4. The second kappa shape index (κ2) is 14.5. The summed E-state index contributed by atoms with van der Waals surface area (Å²) >= 11 is 0. The Labute approximate surface area is 219 Å². The number of esters is 1. The standard InChI is InChI=1S/C32H50FNO2/c1-2-36-32(35)23-27-16-17-31(30(22-27)28-14-9-15-29(33)24-28)34(20-18-25-10-5-3-6-11-25)21-19-26-12-7-4-8-13-26/h9,14-15,24-27,30-31H,2-8,10-13,16-23H2,1H3/t27-,30+,31-/m1/s1. The fourth-order valence-electron chi connectivity index (χ4n) is 7.51. The average Bonchev–Trinajstić information content (AvgIpc) is 2.90. The third-order valence-corrected chi connectivity index (χ3v) is 9.53. The van der Waals surface area contributed by atoms with Gasteiger partial charge in [-0.15, -0.1) is 0 Å². The monoisotopic (exact) mass is 499 g/mol. The van der Waals surface area contributed by atoms with Crippen LogP contribution in [-0.4, -0.2) is 36.6 Å². The highest BCUT2D eigenvalue weighted by Gasteiger charge is 2.36. The first-order valence-corrected chi connectivity index (χ1v) is 15.3. The molecule has 3 fully saturated rings. The molecule has 3 aliphatic rings. The predicted molar refractivity (Wildman–Crippen MR) is 145 cm³/mol. The largest absolute Gasteiger partial charge is 0.466 e. The molecule has 0 N–H and O–H groups in total. The van der Waals surface area contributed by atoms with Gasteiger partial charge < -0.3 is 4.74 Å². The van der Waals surface area contributed by atoms with E-state index in [1.165, 1.54) is 90.1 Å². The number of hydrogen-bond acceptors (Lipinski definition) is 3. The minimum absolute atomic E-state index is 0.0783. The lowest BCUT2D eigenvalue weighted by Gasteiger charge is -2.44. The van der Waals surface area contributed by atoms with Gasteiger partial charge >= 0.3 is 5.97 Å². The van der Waals surface area contributed by atoms with E-state index in [2.05, 4.69) is 11.0 Å². The van der Waals surface area contributed by atoms with Crippen LogP contribution in [0.1, 0.15) is 121 Å². The molecular weight excluding hydrogens is 449 g/mol. The van der Waals surface area contributed by atoms with Crippen molar-refractivity contribution >= 4 is 5.97 Å². The Morgan fingerprint density at radius 3 is 2.11 bits per heavy atom. The van der Waals surface area contributed by atoms with Crippen LogP contribution in [0.3, 0.4) is 0 Å². The Hall–Kier alpha value is -1.42. The van der Waals surface area contributed by atoms with Crippen LogP contribution in [0.15, 0.2) is 24.3 Å². The van der Waals surface area contributed by atoms with Crippen molar-refractivity contribution in [2.45, 2.75) is 122 Å². The van der Waals surface area contributed by atoms with Gasteiger partial charge in [-0.3, -0.25) is 9.69 Å². The number of carbonyl (C=O) groups is 1. The summed E-state index contributed by atoms with van der Waals surface area (Å²) in [7, 11) is 0. The maximum absolute atomic E-state index is 14.4. The zero-order valence-corrected chi connectivity index (χ0v) is 22.8. The van der Waals surface area contributed by atoms with Crippen LogP contribution in [0.5, 0.6) is 0 Å². The number of benzene rings is 1. The van der Waals surface area contributed by atoms with E-state index >= 15 is 0 Å². The van der Waals surface area contributed by atoms with Crippen LogP contribution in [0.25, 0.3) is 0 Å². The predicted octanol–water partition coefficient (Wildman–Crippen LogP) is 8.27. The van der Waals surface area contributed by atoms with Crippen LogP contribution in [0, 0.1) is 23.6 Å². The molecular formula is C32H50FNO2. The average molecular weight is 500 g/mol. The second-order valence-corrected chi connectivity index (χ2v) is 12.0. The van der Waals surface area contributed by atoms with Crippen molar-refractivity contribution in [3.05, 3.63) is 35.6 Å². The minimum atomic E-state index is -0.144. The normalized spacial score (nSPS) is 26.2. The lowest BCUT2D eigenvalue weighted by molar-refractivity contribution is -0.144. The van der Waals surface area contributed by atoms with E-state index in [1.54, 1.807) is 12.1 Å². The van der Waals surface area contributed by atoms with Crippen LogP contribution < -0.4 is 0 Å². The summed E-state index contributed by atoms with van der Waals surface area (Å²) in [5, 5.41) is 0. The summed E-state index contributed by atoms with van der Waals surface area (Å²) in [5.74, 6) is 2.14. The third-order valence-electron chi connectivity index (χ3n) is 9.53. The first-order chi connectivity index (χ1) is 17.6. The molecule has 0 radical (unpaired) electrons. The smallest absolute Gasteiger partial charge is 0.306 e. The topological polar surface area (TPSA) is 29.5 Å². The maximum Gasteiger partial charge on any atom is 0.306 e. The summed E-state index contributed by atoms with van der Waals surface area (Å²) in [6.45, 7) is 4.67. The molecule has 4 heteroatoms. The van der Waals surface area contributed by atoms with Gasteiger partial charge in [-0.05, 0) is 93.5 Å². The van der Waals surface area contributed by atoms with Gasteiger partial charge in [0.05, 0.1) is 6.61 Å². The highest BCUT2D eigenvalue weighted by Crippen LogP contribution is 2.42. The van der Waals surface area contributed by atoms with Crippen LogP contribution in [-0.2, 0) is 9.53 Å². The third kappa shape index (κ3) is 8.30. The molecule has 3 saturated carbocycles. The van der Waals surface area contributed by atoms with Crippen molar-refractivity contribution in [2.24, 2.45) is 17.8 Å². The molecule has 1 aromatic rings. The molecule has 0 aromatic heterocycles. The van der Waals surface area contributed by atoms with Gasteiger partial charge in [0.1, 0.15) is 5.82 Å². The Kier molecular flexibility index (Phi) is 11.1. The molecule has 1 aromatic carbocycles. The summed E-state index contributed by atoms with van der Waals surface area (Å²) in [4.78, 5) is 15.1. The van der Waals surface area contributed by atoms with Crippen LogP contribution in [0.4, 0.5) is 4.39 Å². The molecule has 0 bridgehead atoms. The van der Waals surface area contributed by atoms with Crippen LogP contribution >= 0.6 is 0 Å². The van der Waals surface area contributed by atoms with E-state index in [9.17, 15) is 9.18 Å². The minimum Gasteiger partial charge on any atom is -0.466 e. The van der Waals surface area contributed by atoms with E-state index in [0.717, 1.165) is 36.7 Å². The molecule has 4 rings (SSSR count). The SMILES string of the molecule is CCOC(=O)C[C@@H]1CC[C@@H](N(CCC2CCCCC2)CCC2CCCCC2)[C@H](c2cccc(F)c2)C1. The van der Waals surface area contributed by atoms with Gasteiger partial charge in [0.2, 0.25) is 0 Å². The number of carbonyl (C=O) groups excluding carboxylic acids is 1. The quantitative estimate of drug-likeness (QED) is 0.287. The van der Waals surface area contributed by atoms with Gasteiger partial charge in [-0.2, -0.15) is 0 Å². The van der Waals surface area contributed by atoms with E-state index < -0.39 is 0 Å². The molecule has 202 valence electrons. The zero-order chi connectivity index (χ0) is 25.2. The number of halogens is 1. The summed E-state index contributed by atoms with van der Waals surface area (Å²) in [6, 6.07) is 7.74. The van der Waals surface area contributed by atoms with Gasteiger partial charge in [0, 0.05) is 12.5 Å². The van der Waals surface area contributed by atoms with E-state index in [0.29, 0.717) is 25.0 Å². The Morgan fingerprint density at radius 1 is 0.889 bits per heavy atom. The molecule has 3 atom stereocenters. The first-order valence-electron chi connectivity index (χ1n) is 15.3. The lowest BCUT2D eigenvalue weighted by atomic mass is 9.72. The molecule has 0 spiro atoms. The second-order valence-electron chi connectivity index (χ2n) is 12.0. The van der Waals surface area contributed by atoms with E-state index in [-0.39, 0.29) is 17.7 Å². The number of ether oxygens (including phenoxy) is 1. The summed E-state index contributed by atoms with van der Waals surface area (Å²) in [6.07, 6.45) is 20.3. The van der Waals surface area contributed by atoms with E-state index in [4.69, 9.17) is 4.74 Å². The van der Waals surface area contributed by atoms with Gasteiger partial charge in [-0.25, -0.2) is 4.39 Å². The molecule has 0 saturated heterocycles. The molecule has 0 heterocycles. The zero-order valence-electron chi connectivity index (χ0n) is 22.8. The first kappa shape index (κ1) is 27.6. The molecule has 0 unspecified atom stereocenters. The molecule has 3 aliphatic carbocycles. The Balaban J connectivity index is 1.49. The fourth-order valence-corrected chi connectivity index (χ4v) is 7.51. The van der Waals surface area contributed by atoms with Gasteiger partial charge in [0.15, 0.2) is 0 Å². The van der Waals surface area contributed by atoms with Crippen LogP contribution in [0.2, 0.25) is 0 Å². The number of rotatable bonds is 11. The summed E-state index contributed by atoms with van der Waals surface area (Å²) in [5.41, 5.74) is 1.12. The van der Waals surface area contributed by atoms with Crippen molar-refractivity contribution < 1.29 is 13.9 Å². The Morgan fingerprint density at radius 2 is 1.53 bits per heavy atom. The molecule has 3 nitrogen and oxygen atoms in total. The van der Waals surface area contributed by atoms with Crippen molar-refractivity contribution in [1.82, 2.24) is 4.90 Å². The van der Waals surface area contributed by atoms with Gasteiger partial charge in [-0.1, -0.05) is 76.3 Å². The van der Waals surface area contributed by atoms with Crippen molar-refractivity contribution in [1.29, 1.82) is 0 Å². The molecule has 0 amide bonds. The van der Waals surface area contributed by atoms with Crippen molar-refractivity contribution in [3.63, 3.8) is 0 Å². The fraction of sp³-hybridized carbons (Fsp3) is 0.781. The number of nitrogens with zero attached hydrogens (tertiary/aromatic N) is 1. The van der Waals surface area contributed by atoms with Crippen molar-refractivity contribution in [2.75, 3.05) is 19.7 Å². The lowest BCUT2D eigenvalue weighted by Crippen LogP contribution is -2.45. The Bertz CT molecular complexity index is 764. The molecule has 0 aliphatic heterocycles. The summed E-state index contributed by atoms with van der Waals surface area (Å²) < 4.78 is 19.6. The van der Waals surface area contributed by atoms with Crippen molar-refractivity contribution in [3.8, 4) is 0 Å².